The van der Waals surface area contributed by atoms with Gasteiger partial charge >= 0.3 is 6.03 Å². The molecule has 10 heteroatoms. The number of piperazine rings is 1. The lowest BCUT2D eigenvalue weighted by Gasteiger charge is -2.36. The Hall–Kier alpha value is -3.40. The van der Waals surface area contributed by atoms with Crippen LogP contribution in [0.3, 0.4) is 0 Å². The lowest BCUT2D eigenvalue weighted by molar-refractivity contribution is 0.0958. The molecule has 3 rings (SSSR count). The van der Waals surface area contributed by atoms with Crippen molar-refractivity contribution in [1.29, 1.82) is 0 Å². The van der Waals surface area contributed by atoms with Crippen molar-refractivity contribution in [3.8, 4) is 5.88 Å². The summed E-state index contributed by atoms with van der Waals surface area (Å²) in [5, 5.41) is 7.81. The summed E-state index contributed by atoms with van der Waals surface area (Å²) in [6.07, 6.45) is 0. The first kappa shape index (κ1) is 22.3. The minimum absolute atomic E-state index is 0.183. The number of methoxy groups -OCH3 is 1. The second-order valence-electron chi connectivity index (χ2n) is 7.25. The Bertz CT molecular complexity index is 943. The van der Waals surface area contributed by atoms with Crippen molar-refractivity contribution in [2.75, 3.05) is 57.6 Å². The second kappa shape index (κ2) is 10.1. The summed E-state index contributed by atoms with van der Waals surface area (Å²) in [5.41, 5.74) is 3.34. The minimum Gasteiger partial charge on any atom is -0.481 e. The highest BCUT2D eigenvalue weighted by atomic mass is 16.5. The highest BCUT2D eigenvalue weighted by Crippen LogP contribution is 2.22. The molecule has 0 bridgehead atoms. The number of aromatic nitrogens is 2. The van der Waals surface area contributed by atoms with E-state index in [2.05, 4.69) is 35.7 Å². The van der Waals surface area contributed by atoms with Gasteiger partial charge in [0, 0.05) is 52.9 Å². The van der Waals surface area contributed by atoms with Crippen LogP contribution in [0.15, 0.2) is 24.3 Å². The predicted molar refractivity (Wildman–Crippen MR) is 119 cm³/mol. The molecule has 0 saturated carbocycles. The van der Waals surface area contributed by atoms with E-state index in [1.165, 1.54) is 0 Å². The molecule has 3 amide bonds. The van der Waals surface area contributed by atoms with Crippen LogP contribution in [0.2, 0.25) is 0 Å². The Morgan fingerprint density at radius 2 is 1.81 bits per heavy atom. The molecule has 0 spiro atoms. The third-order valence-corrected chi connectivity index (χ3v) is 5.18. The first-order chi connectivity index (χ1) is 14.9. The molecule has 166 valence electrons. The number of hydrogen-bond acceptors (Lipinski definition) is 7. The fraction of sp³-hybridized carbons (Fsp3) is 0.429. The van der Waals surface area contributed by atoms with Gasteiger partial charge in [-0.15, -0.1) is 0 Å². The summed E-state index contributed by atoms with van der Waals surface area (Å²) in [6, 6.07) is 7.14. The maximum absolute atomic E-state index is 11.8. The molecule has 0 radical (unpaired) electrons. The third kappa shape index (κ3) is 5.60. The molecular formula is C21H29N7O3. The van der Waals surface area contributed by atoms with Crippen LogP contribution in [-0.2, 0) is 6.54 Å². The number of hydrogen-bond donors (Lipinski definition) is 3. The number of amides is 3. The molecule has 1 fully saturated rings. The Labute approximate surface area is 182 Å². The van der Waals surface area contributed by atoms with Gasteiger partial charge in [0.2, 0.25) is 5.88 Å². The smallest absolute Gasteiger partial charge is 0.320 e. The average Bonchev–Trinajstić information content (AvgIpc) is 2.78. The molecule has 31 heavy (non-hydrogen) atoms. The molecule has 10 nitrogen and oxygen atoms in total. The van der Waals surface area contributed by atoms with Crippen LogP contribution in [0.25, 0.3) is 0 Å². The maximum atomic E-state index is 11.8. The van der Waals surface area contributed by atoms with Crippen molar-refractivity contribution in [3.05, 3.63) is 41.2 Å². The number of anilines is 2. The molecule has 3 N–H and O–H groups in total. The van der Waals surface area contributed by atoms with Gasteiger partial charge in [-0.05, 0) is 30.7 Å². The predicted octanol–water partition coefficient (Wildman–Crippen LogP) is 1.23. The maximum Gasteiger partial charge on any atom is 0.320 e. The van der Waals surface area contributed by atoms with Crippen molar-refractivity contribution >= 4 is 23.4 Å². The Morgan fingerprint density at radius 3 is 2.42 bits per heavy atom. The van der Waals surface area contributed by atoms with Gasteiger partial charge in [0.1, 0.15) is 11.5 Å². The number of carbonyl (C=O) groups is 2. The van der Waals surface area contributed by atoms with Crippen LogP contribution in [-0.4, -0.2) is 74.2 Å². The average molecular weight is 428 g/mol. The number of pyridine rings is 2. The molecule has 0 unspecified atom stereocenters. The van der Waals surface area contributed by atoms with Crippen molar-refractivity contribution in [2.45, 2.75) is 13.5 Å². The highest BCUT2D eigenvalue weighted by Gasteiger charge is 2.20. The Balaban J connectivity index is 1.63. The standard InChI is InChI=1S/C21H29N7O3/c1-14-17(6-5-16(24-14)20(29)22-2)28-9-7-27(8-10-28)13-15-11-18(26-21(30)23-3)25-19(12-15)31-4/h5-6,11-12H,7-10,13H2,1-4H3,(H,22,29)(H2,23,25,26,30). The van der Waals surface area contributed by atoms with E-state index in [0.29, 0.717) is 17.4 Å². The molecule has 1 aliphatic heterocycles. The van der Waals surface area contributed by atoms with Crippen LogP contribution in [0, 0.1) is 6.92 Å². The summed E-state index contributed by atoms with van der Waals surface area (Å²) in [7, 11) is 4.71. The van der Waals surface area contributed by atoms with Gasteiger partial charge in [-0.2, -0.15) is 4.98 Å². The van der Waals surface area contributed by atoms with Crippen molar-refractivity contribution in [3.63, 3.8) is 0 Å². The zero-order valence-corrected chi connectivity index (χ0v) is 18.4. The van der Waals surface area contributed by atoms with Crippen molar-refractivity contribution < 1.29 is 14.3 Å². The highest BCUT2D eigenvalue weighted by molar-refractivity contribution is 5.92. The van der Waals surface area contributed by atoms with Gasteiger partial charge in [-0.1, -0.05) is 0 Å². The summed E-state index contributed by atoms with van der Waals surface area (Å²) >= 11 is 0. The lowest BCUT2D eigenvalue weighted by Crippen LogP contribution is -2.46. The van der Waals surface area contributed by atoms with Gasteiger partial charge in [0.15, 0.2) is 0 Å². The number of aryl methyl sites for hydroxylation is 1. The minimum atomic E-state index is -0.327. The number of urea groups is 1. The van der Waals surface area contributed by atoms with E-state index >= 15 is 0 Å². The van der Waals surface area contributed by atoms with Crippen LogP contribution in [0.4, 0.5) is 16.3 Å². The summed E-state index contributed by atoms with van der Waals surface area (Å²) in [4.78, 5) is 36.7. The second-order valence-corrected chi connectivity index (χ2v) is 7.25. The summed E-state index contributed by atoms with van der Waals surface area (Å²) in [6.45, 7) is 6.11. The molecular weight excluding hydrogens is 398 g/mol. The van der Waals surface area contributed by atoms with E-state index in [1.807, 2.05) is 25.1 Å². The Kier molecular flexibility index (Phi) is 7.24. The molecule has 0 aliphatic carbocycles. The summed E-state index contributed by atoms with van der Waals surface area (Å²) in [5.74, 6) is 0.725. The van der Waals surface area contributed by atoms with E-state index < -0.39 is 0 Å². The fourth-order valence-corrected chi connectivity index (χ4v) is 3.55. The lowest BCUT2D eigenvalue weighted by atomic mass is 10.2. The number of nitrogens with zero attached hydrogens (tertiary/aromatic N) is 4. The van der Waals surface area contributed by atoms with E-state index in [1.54, 1.807) is 27.3 Å². The molecule has 0 atom stereocenters. The number of rotatable bonds is 6. The Morgan fingerprint density at radius 1 is 1.06 bits per heavy atom. The van der Waals surface area contributed by atoms with Gasteiger partial charge in [-0.3, -0.25) is 15.0 Å². The quantitative estimate of drug-likeness (QED) is 0.636. The molecule has 2 aromatic rings. The largest absolute Gasteiger partial charge is 0.481 e. The first-order valence-electron chi connectivity index (χ1n) is 10.1. The fourth-order valence-electron chi connectivity index (χ4n) is 3.55. The van der Waals surface area contributed by atoms with E-state index in [0.717, 1.165) is 49.7 Å². The van der Waals surface area contributed by atoms with E-state index in [9.17, 15) is 9.59 Å². The number of ether oxygens (including phenoxy) is 1. The molecule has 3 heterocycles. The van der Waals surface area contributed by atoms with Crippen LogP contribution < -0.4 is 25.6 Å². The normalized spacial score (nSPS) is 14.1. The van der Waals surface area contributed by atoms with Crippen molar-refractivity contribution in [1.82, 2.24) is 25.5 Å². The monoisotopic (exact) mass is 427 g/mol. The SMILES string of the molecule is CNC(=O)Nc1cc(CN2CCN(c3ccc(C(=O)NC)nc3C)CC2)cc(OC)n1. The topological polar surface area (TPSA) is 112 Å². The van der Waals surface area contributed by atoms with Crippen LogP contribution in [0.1, 0.15) is 21.7 Å². The van der Waals surface area contributed by atoms with Gasteiger partial charge in [0.25, 0.3) is 5.91 Å². The van der Waals surface area contributed by atoms with Gasteiger partial charge < -0.3 is 20.3 Å². The molecule has 1 saturated heterocycles. The number of nitrogens with one attached hydrogen (secondary N) is 3. The van der Waals surface area contributed by atoms with E-state index in [4.69, 9.17) is 4.74 Å². The molecule has 2 aromatic heterocycles. The van der Waals surface area contributed by atoms with Gasteiger partial charge in [-0.25, -0.2) is 9.78 Å². The number of carbonyl (C=O) groups excluding carboxylic acids is 2. The van der Waals surface area contributed by atoms with E-state index in [-0.39, 0.29) is 11.9 Å². The first-order valence-corrected chi connectivity index (χ1v) is 10.1. The zero-order valence-electron chi connectivity index (χ0n) is 18.4. The van der Waals surface area contributed by atoms with Crippen LogP contribution in [0.5, 0.6) is 5.88 Å². The van der Waals surface area contributed by atoms with Crippen LogP contribution >= 0.6 is 0 Å². The molecule has 0 aromatic carbocycles. The third-order valence-electron chi connectivity index (χ3n) is 5.18. The zero-order chi connectivity index (χ0) is 22.4. The molecule has 1 aliphatic rings. The van der Waals surface area contributed by atoms with Crippen molar-refractivity contribution in [2.24, 2.45) is 0 Å². The van der Waals surface area contributed by atoms with Gasteiger partial charge in [0.05, 0.1) is 18.5 Å². The summed E-state index contributed by atoms with van der Waals surface area (Å²) < 4.78 is 5.28.